The second-order valence-corrected chi connectivity index (χ2v) is 3.58. The lowest BCUT2D eigenvalue weighted by atomic mass is 9.90. The molecule has 98 valence electrons. The number of hydrogen-bond donors (Lipinski definition) is 1. The summed E-state index contributed by atoms with van der Waals surface area (Å²) in [6.45, 7) is 0.797. The lowest BCUT2D eigenvalue weighted by Crippen LogP contribution is -2.24. The largest absolute Gasteiger partial charge is 0.480 e. The molecule has 3 nitrogen and oxygen atoms in total. The maximum Gasteiger partial charge on any atom is 0.416 e. The third-order valence-corrected chi connectivity index (χ3v) is 2.30. The number of carboxylic acids is 1. The minimum Gasteiger partial charge on any atom is -0.480 e. The number of rotatable bonds is 3. The van der Waals surface area contributed by atoms with E-state index in [-0.39, 0.29) is 0 Å². The highest BCUT2D eigenvalue weighted by Gasteiger charge is 2.40. The fourth-order valence-corrected chi connectivity index (χ4v) is 1.58. The van der Waals surface area contributed by atoms with E-state index in [1.165, 1.54) is 0 Å². The van der Waals surface area contributed by atoms with E-state index in [0.717, 1.165) is 13.0 Å². The number of alkyl halides is 3. The predicted octanol–water partition coefficient (Wildman–Crippen LogP) is 2.60. The molecule has 0 amide bonds. The van der Waals surface area contributed by atoms with Gasteiger partial charge in [0.15, 0.2) is 0 Å². The van der Waals surface area contributed by atoms with Gasteiger partial charge in [-0.2, -0.15) is 13.2 Å². The SMILES string of the molecule is CC(=O)C(C(=O)O)c1c(F)cccc1C(F)(F)F. The van der Waals surface area contributed by atoms with E-state index in [1.54, 1.807) is 0 Å². The van der Waals surface area contributed by atoms with Gasteiger partial charge in [-0.1, -0.05) is 6.07 Å². The van der Waals surface area contributed by atoms with Crippen LogP contribution in [0.1, 0.15) is 24.0 Å². The number of Topliss-reactive ketones (excluding diaryl/α,β-unsaturated/α-hetero) is 1. The first kappa shape index (κ1) is 14.1. The van der Waals surface area contributed by atoms with E-state index in [0.29, 0.717) is 12.1 Å². The second-order valence-electron chi connectivity index (χ2n) is 3.58. The van der Waals surface area contributed by atoms with Gasteiger partial charge in [-0.3, -0.25) is 9.59 Å². The lowest BCUT2D eigenvalue weighted by Gasteiger charge is -2.17. The van der Waals surface area contributed by atoms with Gasteiger partial charge < -0.3 is 5.11 Å². The van der Waals surface area contributed by atoms with Crippen LogP contribution in [0.15, 0.2) is 18.2 Å². The van der Waals surface area contributed by atoms with Gasteiger partial charge in [0.25, 0.3) is 0 Å². The molecule has 18 heavy (non-hydrogen) atoms. The maximum absolute atomic E-state index is 13.4. The molecule has 1 aromatic carbocycles. The van der Waals surface area contributed by atoms with Crippen LogP contribution < -0.4 is 0 Å². The Morgan fingerprint density at radius 3 is 2.22 bits per heavy atom. The Morgan fingerprint density at radius 2 is 1.83 bits per heavy atom. The summed E-state index contributed by atoms with van der Waals surface area (Å²) in [6.07, 6.45) is -4.93. The number of carboxylic acid groups (broad SMARTS) is 1. The fourth-order valence-electron chi connectivity index (χ4n) is 1.58. The number of hydrogen-bond acceptors (Lipinski definition) is 2. The van der Waals surface area contributed by atoms with Crippen molar-refractivity contribution in [2.75, 3.05) is 0 Å². The smallest absolute Gasteiger partial charge is 0.416 e. The van der Waals surface area contributed by atoms with Crippen molar-refractivity contribution >= 4 is 11.8 Å². The van der Waals surface area contributed by atoms with Crippen LogP contribution >= 0.6 is 0 Å². The van der Waals surface area contributed by atoms with Gasteiger partial charge in [-0.25, -0.2) is 4.39 Å². The van der Waals surface area contributed by atoms with E-state index >= 15 is 0 Å². The first-order valence-corrected chi connectivity index (χ1v) is 4.75. The summed E-state index contributed by atoms with van der Waals surface area (Å²) < 4.78 is 51.4. The van der Waals surface area contributed by atoms with Gasteiger partial charge in [0.1, 0.15) is 17.5 Å². The molecule has 0 aliphatic heterocycles. The molecular formula is C11H8F4O3. The Bertz CT molecular complexity index is 480. The Kier molecular flexibility index (Phi) is 3.73. The second kappa shape index (κ2) is 4.75. The van der Waals surface area contributed by atoms with E-state index < -0.39 is 40.8 Å². The average Bonchev–Trinajstić information content (AvgIpc) is 2.17. The Hall–Kier alpha value is -1.92. The minimum atomic E-state index is -4.93. The molecule has 1 aromatic rings. The zero-order valence-electron chi connectivity index (χ0n) is 9.08. The average molecular weight is 264 g/mol. The third kappa shape index (κ3) is 2.66. The normalized spacial score (nSPS) is 13.2. The van der Waals surface area contributed by atoms with Crippen molar-refractivity contribution in [3.8, 4) is 0 Å². The van der Waals surface area contributed by atoms with Crippen molar-refractivity contribution < 1.29 is 32.3 Å². The zero-order chi connectivity index (χ0) is 14.1. The van der Waals surface area contributed by atoms with Crippen LogP contribution in [-0.2, 0) is 15.8 Å². The van der Waals surface area contributed by atoms with Gasteiger partial charge in [-0.15, -0.1) is 0 Å². The van der Waals surface area contributed by atoms with Crippen molar-refractivity contribution in [1.29, 1.82) is 0 Å². The highest BCUT2D eigenvalue weighted by Crippen LogP contribution is 2.36. The standard InChI is InChI=1S/C11H8F4O3/c1-5(16)8(10(17)18)9-6(11(13,14)15)3-2-4-7(9)12/h2-4,8H,1H3,(H,17,18). The molecule has 0 heterocycles. The molecule has 1 unspecified atom stereocenters. The molecule has 0 spiro atoms. The van der Waals surface area contributed by atoms with Gasteiger partial charge in [0.2, 0.25) is 0 Å². The van der Waals surface area contributed by atoms with Crippen molar-refractivity contribution in [3.63, 3.8) is 0 Å². The van der Waals surface area contributed by atoms with E-state index in [9.17, 15) is 27.2 Å². The predicted molar refractivity (Wildman–Crippen MR) is 52.5 cm³/mol. The van der Waals surface area contributed by atoms with Gasteiger partial charge in [0, 0.05) is 5.56 Å². The number of benzene rings is 1. The summed E-state index contributed by atoms with van der Waals surface area (Å²) in [7, 11) is 0. The number of carbonyl (C=O) groups is 2. The maximum atomic E-state index is 13.4. The number of halogens is 4. The van der Waals surface area contributed by atoms with E-state index in [1.807, 2.05) is 0 Å². The molecule has 1 N–H and O–H groups in total. The van der Waals surface area contributed by atoms with E-state index in [4.69, 9.17) is 5.11 Å². The summed E-state index contributed by atoms with van der Waals surface area (Å²) in [5, 5.41) is 8.76. The van der Waals surface area contributed by atoms with Crippen molar-refractivity contribution in [1.82, 2.24) is 0 Å². The molecule has 0 aliphatic rings. The van der Waals surface area contributed by atoms with Crippen molar-refractivity contribution in [3.05, 3.63) is 35.1 Å². The quantitative estimate of drug-likeness (QED) is 0.674. The topological polar surface area (TPSA) is 54.4 Å². The Balaban J connectivity index is 3.56. The first-order valence-electron chi connectivity index (χ1n) is 4.75. The summed E-state index contributed by atoms with van der Waals surface area (Å²) >= 11 is 0. The Labute approximate surface area is 99.0 Å². The van der Waals surface area contributed by atoms with E-state index in [2.05, 4.69) is 0 Å². The van der Waals surface area contributed by atoms with Crippen LogP contribution in [0.3, 0.4) is 0 Å². The Morgan fingerprint density at radius 1 is 1.28 bits per heavy atom. The monoisotopic (exact) mass is 264 g/mol. The van der Waals surface area contributed by atoms with Crippen molar-refractivity contribution in [2.45, 2.75) is 19.0 Å². The van der Waals surface area contributed by atoms with Crippen LogP contribution in [0.5, 0.6) is 0 Å². The lowest BCUT2D eigenvalue weighted by molar-refractivity contribution is -0.144. The third-order valence-electron chi connectivity index (χ3n) is 2.30. The van der Waals surface area contributed by atoms with Gasteiger partial charge in [-0.05, 0) is 19.1 Å². The number of aliphatic carboxylic acids is 1. The minimum absolute atomic E-state index is 0.539. The van der Waals surface area contributed by atoms with Crippen molar-refractivity contribution in [2.24, 2.45) is 0 Å². The summed E-state index contributed by atoms with van der Waals surface area (Å²) in [6, 6.07) is 2.03. The van der Waals surface area contributed by atoms with Crippen LogP contribution in [0.4, 0.5) is 17.6 Å². The molecule has 0 aliphatic carbocycles. The molecule has 0 fully saturated rings. The molecular weight excluding hydrogens is 256 g/mol. The van der Waals surface area contributed by atoms with Crippen LogP contribution in [-0.4, -0.2) is 16.9 Å². The fraction of sp³-hybridized carbons (Fsp3) is 0.273. The number of ketones is 1. The molecule has 0 radical (unpaired) electrons. The van der Waals surface area contributed by atoms with Crippen LogP contribution in [0.25, 0.3) is 0 Å². The van der Waals surface area contributed by atoms with Crippen LogP contribution in [0, 0.1) is 5.82 Å². The molecule has 1 atom stereocenters. The summed E-state index contributed by atoms with van der Waals surface area (Å²) in [4.78, 5) is 21.9. The summed E-state index contributed by atoms with van der Waals surface area (Å²) in [5.74, 6) is -6.42. The van der Waals surface area contributed by atoms with Crippen LogP contribution in [0.2, 0.25) is 0 Å². The molecule has 0 saturated carbocycles. The molecule has 0 aromatic heterocycles. The highest BCUT2D eigenvalue weighted by molar-refractivity contribution is 6.02. The molecule has 7 heteroatoms. The molecule has 0 bridgehead atoms. The summed E-state index contributed by atoms with van der Waals surface area (Å²) in [5.41, 5.74) is -2.60. The molecule has 0 saturated heterocycles. The van der Waals surface area contributed by atoms with Gasteiger partial charge in [0.05, 0.1) is 5.56 Å². The highest BCUT2D eigenvalue weighted by atomic mass is 19.4. The molecule has 1 rings (SSSR count). The zero-order valence-corrected chi connectivity index (χ0v) is 9.08. The van der Waals surface area contributed by atoms with Gasteiger partial charge >= 0.3 is 12.1 Å². The first-order chi connectivity index (χ1) is 8.16. The number of carbonyl (C=O) groups excluding carboxylic acids is 1.